The molecular weight excluding hydrogens is 411 g/mol. The van der Waals surface area contributed by atoms with E-state index in [1.165, 1.54) is 6.07 Å². The molecule has 0 spiro atoms. The SMILES string of the molecule is FC(F)(F)c1cccc(-c2nccn2Cc2nc3ncccn3c2Br)c1. The van der Waals surface area contributed by atoms with Crippen LogP contribution in [0.3, 0.4) is 0 Å². The zero-order valence-corrected chi connectivity index (χ0v) is 14.7. The number of halogens is 4. The van der Waals surface area contributed by atoms with Gasteiger partial charge in [-0.05, 0) is 34.1 Å². The highest BCUT2D eigenvalue weighted by molar-refractivity contribution is 9.10. The molecule has 3 heterocycles. The average molecular weight is 422 g/mol. The maximum Gasteiger partial charge on any atom is 0.416 e. The molecule has 0 fully saturated rings. The molecule has 4 aromatic rings. The van der Waals surface area contributed by atoms with Gasteiger partial charge in [0.2, 0.25) is 5.78 Å². The Morgan fingerprint density at radius 3 is 2.65 bits per heavy atom. The van der Waals surface area contributed by atoms with Gasteiger partial charge in [0.05, 0.1) is 17.8 Å². The second-order valence-electron chi connectivity index (χ2n) is 5.60. The van der Waals surface area contributed by atoms with Crippen LogP contribution in [0.1, 0.15) is 11.3 Å². The Morgan fingerprint density at radius 2 is 1.88 bits per heavy atom. The molecule has 26 heavy (non-hydrogen) atoms. The second-order valence-corrected chi connectivity index (χ2v) is 6.35. The highest BCUT2D eigenvalue weighted by Crippen LogP contribution is 2.32. The number of rotatable bonds is 3. The minimum Gasteiger partial charge on any atom is -0.325 e. The van der Waals surface area contributed by atoms with Crippen molar-refractivity contribution >= 4 is 21.7 Å². The average Bonchev–Trinajstić information content (AvgIpc) is 3.20. The number of nitrogens with zero attached hydrogens (tertiary/aromatic N) is 5. The van der Waals surface area contributed by atoms with Gasteiger partial charge in [0.1, 0.15) is 10.4 Å². The van der Waals surface area contributed by atoms with E-state index >= 15 is 0 Å². The van der Waals surface area contributed by atoms with Gasteiger partial charge in [-0.25, -0.2) is 15.0 Å². The minimum absolute atomic E-state index is 0.343. The van der Waals surface area contributed by atoms with Crippen LogP contribution in [0.15, 0.2) is 59.7 Å². The van der Waals surface area contributed by atoms with Crippen molar-refractivity contribution in [3.63, 3.8) is 0 Å². The zero-order valence-electron chi connectivity index (χ0n) is 13.2. The van der Waals surface area contributed by atoms with Crippen molar-refractivity contribution in [1.29, 1.82) is 0 Å². The van der Waals surface area contributed by atoms with Crippen molar-refractivity contribution in [2.45, 2.75) is 12.7 Å². The fraction of sp³-hybridized carbons (Fsp3) is 0.118. The van der Waals surface area contributed by atoms with E-state index in [1.807, 2.05) is 6.20 Å². The lowest BCUT2D eigenvalue weighted by Gasteiger charge is -2.10. The van der Waals surface area contributed by atoms with Crippen LogP contribution in [0.2, 0.25) is 0 Å². The lowest BCUT2D eigenvalue weighted by atomic mass is 10.1. The van der Waals surface area contributed by atoms with Crippen LogP contribution >= 0.6 is 15.9 Å². The van der Waals surface area contributed by atoms with E-state index < -0.39 is 11.7 Å². The fourth-order valence-corrected chi connectivity index (χ4v) is 3.19. The van der Waals surface area contributed by atoms with Crippen molar-refractivity contribution in [3.8, 4) is 11.4 Å². The maximum absolute atomic E-state index is 13.0. The van der Waals surface area contributed by atoms with Crippen molar-refractivity contribution in [1.82, 2.24) is 23.9 Å². The van der Waals surface area contributed by atoms with Crippen molar-refractivity contribution in [2.24, 2.45) is 0 Å². The zero-order chi connectivity index (χ0) is 18.3. The van der Waals surface area contributed by atoms with Gasteiger partial charge in [-0.1, -0.05) is 12.1 Å². The van der Waals surface area contributed by atoms with Crippen LogP contribution in [0.4, 0.5) is 13.2 Å². The molecule has 9 heteroatoms. The third-order valence-electron chi connectivity index (χ3n) is 3.89. The van der Waals surface area contributed by atoms with E-state index in [4.69, 9.17) is 0 Å². The Morgan fingerprint density at radius 1 is 1.04 bits per heavy atom. The van der Waals surface area contributed by atoms with E-state index in [-0.39, 0.29) is 0 Å². The summed E-state index contributed by atoms with van der Waals surface area (Å²) in [5.74, 6) is 0.975. The molecule has 0 saturated heterocycles. The molecule has 1 aromatic carbocycles. The summed E-state index contributed by atoms with van der Waals surface area (Å²) in [5, 5.41) is 0. The predicted octanol–water partition coefficient (Wildman–Crippen LogP) is 4.42. The van der Waals surface area contributed by atoms with Gasteiger partial charge in [0.15, 0.2) is 0 Å². The standard InChI is InChI=1S/C17H11BrF3N5/c18-14-13(24-16-23-5-2-7-26(14)16)10-25-8-6-22-15(25)11-3-1-4-12(9-11)17(19,20)21/h1-9H,10H2. The van der Waals surface area contributed by atoms with E-state index in [0.717, 1.165) is 16.7 Å². The summed E-state index contributed by atoms with van der Waals surface area (Å²) in [6.07, 6.45) is 2.33. The van der Waals surface area contributed by atoms with E-state index in [2.05, 4.69) is 30.9 Å². The third kappa shape index (κ3) is 2.98. The molecule has 0 radical (unpaired) electrons. The Labute approximate surface area is 154 Å². The Kier molecular flexibility index (Phi) is 4.03. The summed E-state index contributed by atoms with van der Waals surface area (Å²) in [5.41, 5.74) is 0.389. The Bertz CT molecular complexity index is 1080. The number of alkyl halides is 3. The highest BCUT2D eigenvalue weighted by Gasteiger charge is 2.30. The molecule has 0 aliphatic carbocycles. The van der Waals surface area contributed by atoms with Gasteiger partial charge in [-0.15, -0.1) is 0 Å². The summed E-state index contributed by atoms with van der Waals surface area (Å²) >= 11 is 3.49. The molecule has 132 valence electrons. The predicted molar refractivity (Wildman–Crippen MR) is 92.5 cm³/mol. The van der Waals surface area contributed by atoms with Crippen molar-refractivity contribution < 1.29 is 13.2 Å². The molecular formula is C17H11BrF3N5. The lowest BCUT2D eigenvalue weighted by Crippen LogP contribution is -2.06. The summed E-state index contributed by atoms with van der Waals surface area (Å²) in [7, 11) is 0. The first-order valence-electron chi connectivity index (χ1n) is 7.60. The molecule has 0 saturated carbocycles. The monoisotopic (exact) mass is 421 g/mol. The van der Waals surface area contributed by atoms with Gasteiger partial charge < -0.3 is 4.57 Å². The maximum atomic E-state index is 13.0. The normalized spacial score (nSPS) is 12.0. The lowest BCUT2D eigenvalue weighted by molar-refractivity contribution is -0.137. The molecule has 0 atom stereocenters. The first-order valence-corrected chi connectivity index (χ1v) is 8.39. The van der Waals surface area contributed by atoms with E-state index in [1.54, 1.807) is 39.7 Å². The molecule has 0 aliphatic rings. The Hall–Kier alpha value is -2.68. The molecule has 0 aliphatic heterocycles. The third-order valence-corrected chi connectivity index (χ3v) is 4.73. The molecule has 0 N–H and O–H groups in total. The summed E-state index contributed by atoms with van der Waals surface area (Å²) in [6.45, 7) is 0.343. The number of hydrogen-bond donors (Lipinski definition) is 0. The smallest absolute Gasteiger partial charge is 0.325 e. The minimum atomic E-state index is -4.40. The highest BCUT2D eigenvalue weighted by atomic mass is 79.9. The topological polar surface area (TPSA) is 48.0 Å². The van der Waals surface area contributed by atoms with Crippen LogP contribution in [0.5, 0.6) is 0 Å². The first kappa shape index (κ1) is 16.8. The largest absolute Gasteiger partial charge is 0.416 e. The summed E-state index contributed by atoms with van der Waals surface area (Å²) < 4.78 is 43.2. The van der Waals surface area contributed by atoms with Crippen molar-refractivity contribution in [3.05, 3.63) is 71.0 Å². The summed E-state index contributed by atoms with van der Waals surface area (Å²) in [4.78, 5) is 12.9. The van der Waals surface area contributed by atoms with Gasteiger partial charge in [-0.3, -0.25) is 4.40 Å². The van der Waals surface area contributed by atoms with E-state index in [9.17, 15) is 13.2 Å². The quantitative estimate of drug-likeness (QED) is 0.491. The molecule has 0 bridgehead atoms. The summed E-state index contributed by atoms with van der Waals surface area (Å²) in [6, 6.07) is 6.91. The van der Waals surface area contributed by atoms with Crippen LogP contribution in [0.25, 0.3) is 17.2 Å². The van der Waals surface area contributed by atoms with Gasteiger partial charge in [-0.2, -0.15) is 13.2 Å². The van der Waals surface area contributed by atoms with Gasteiger partial charge >= 0.3 is 6.18 Å². The van der Waals surface area contributed by atoms with Crippen LogP contribution in [-0.2, 0) is 12.7 Å². The molecule has 3 aromatic heterocycles. The molecule has 0 amide bonds. The first-order chi connectivity index (χ1) is 12.4. The number of fused-ring (bicyclic) bond motifs is 1. The number of imidazole rings is 2. The number of aromatic nitrogens is 5. The molecule has 4 rings (SSSR count). The van der Waals surface area contributed by atoms with Crippen LogP contribution < -0.4 is 0 Å². The second kappa shape index (κ2) is 6.24. The fourth-order valence-electron chi connectivity index (χ4n) is 2.70. The van der Waals surface area contributed by atoms with Crippen LogP contribution in [0, 0.1) is 0 Å². The van der Waals surface area contributed by atoms with Crippen molar-refractivity contribution in [2.75, 3.05) is 0 Å². The van der Waals surface area contributed by atoms with Gasteiger partial charge in [0.25, 0.3) is 0 Å². The van der Waals surface area contributed by atoms with E-state index in [0.29, 0.717) is 29.4 Å². The van der Waals surface area contributed by atoms with Gasteiger partial charge in [0, 0.05) is 30.4 Å². The number of benzene rings is 1. The van der Waals surface area contributed by atoms with Crippen LogP contribution in [-0.4, -0.2) is 23.9 Å². The molecule has 5 nitrogen and oxygen atoms in total. The Balaban J connectivity index is 1.72. The molecule has 0 unspecified atom stereocenters. The number of hydrogen-bond acceptors (Lipinski definition) is 3.